The molecule has 2 aliphatic heterocycles. The van der Waals surface area contributed by atoms with Gasteiger partial charge >= 0.3 is 0 Å². The molecule has 21 heavy (non-hydrogen) atoms. The molecule has 1 aromatic carbocycles. The second-order valence-corrected chi connectivity index (χ2v) is 6.34. The van der Waals surface area contributed by atoms with Crippen molar-refractivity contribution in [1.82, 2.24) is 10.3 Å². The molecule has 0 amide bonds. The molecular formula is C16H19F2N3. The molecule has 1 aliphatic carbocycles. The zero-order valence-corrected chi connectivity index (χ0v) is 11.8. The van der Waals surface area contributed by atoms with Crippen molar-refractivity contribution in [2.75, 3.05) is 6.54 Å². The fraction of sp³-hybridized carbons (Fsp3) is 0.562. The Bertz CT molecular complexity index is 554. The molecule has 2 heterocycles. The minimum atomic E-state index is -0.519. The van der Waals surface area contributed by atoms with E-state index in [-0.39, 0.29) is 12.2 Å². The van der Waals surface area contributed by atoms with E-state index >= 15 is 0 Å². The van der Waals surface area contributed by atoms with E-state index in [0.717, 1.165) is 18.5 Å². The molecule has 2 unspecified atom stereocenters. The van der Waals surface area contributed by atoms with Gasteiger partial charge in [0.05, 0.1) is 6.04 Å². The fourth-order valence-electron chi connectivity index (χ4n) is 4.20. The van der Waals surface area contributed by atoms with E-state index in [1.54, 1.807) is 0 Å². The number of benzene rings is 1. The smallest absolute Gasteiger partial charge is 0.126 e. The molecule has 3 nitrogen and oxygen atoms in total. The van der Waals surface area contributed by atoms with Crippen LogP contribution >= 0.6 is 0 Å². The third kappa shape index (κ3) is 2.24. The van der Waals surface area contributed by atoms with Gasteiger partial charge in [-0.15, -0.1) is 0 Å². The average Bonchev–Trinajstić information content (AvgIpc) is 3.13. The molecule has 4 atom stereocenters. The topological polar surface area (TPSA) is 27.6 Å². The summed E-state index contributed by atoms with van der Waals surface area (Å²) in [5.74, 6) is 0.307. The predicted molar refractivity (Wildman–Crippen MR) is 76.7 cm³/mol. The highest BCUT2D eigenvalue weighted by molar-refractivity contribution is 5.60. The summed E-state index contributed by atoms with van der Waals surface area (Å²) in [7, 11) is 0. The van der Waals surface area contributed by atoms with Crippen molar-refractivity contribution in [1.29, 1.82) is 0 Å². The first-order chi connectivity index (χ1) is 10.2. The van der Waals surface area contributed by atoms with Gasteiger partial charge in [0.2, 0.25) is 0 Å². The summed E-state index contributed by atoms with van der Waals surface area (Å²) in [6, 6.07) is 3.71. The van der Waals surface area contributed by atoms with Crippen LogP contribution in [0.5, 0.6) is 0 Å². The summed E-state index contributed by atoms with van der Waals surface area (Å²) < 4.78 is 27.0. The monoisotopic (exact) mass is 291 g/mol. The predicted octanol–water partition coefficient (Wildman–Crippen LogP) is 3.04. The highest BCUT2D eigenvalue weighted by Crippen LogP contribution is 2.42. The molecule has 0 aromatic heterocycles. The van der Waals surface area contributed by atoms with E-state index in [2.05, 4.69) is 10.4 Å². The van der Waals surface area contributed by atoms with Crippen molar-refractivity contribution in [2.45, 2.75) is 37.9 Å². The first-order valence-corrected chi connectivity index (χ1v) is 7.72. The molecule has 0 bridgehead atoms. The summed E-state index contributed by atoms with van der Waals surface area (Å²) in [6.07, 6.45) is 6.55. The fourth-order valence-corrected chi connectivity index (χ4v) is 4.20. The lowest BCUT2D eigenvalue weighted by Crippen LogP contribution is -2.42. The minimum Gasteiger partial charge on any atom is -0.296 e. The number of fused-ring (bicyclic) bond motifs is 1. The maximum atomic E-state index is 13.5. The lowest BCUT2D eigenvalue weighted by atomic mass is 9.96. The number of halogens is 2. The van der Waals surface area contributed by atoms with Crippen LogP contribution < -0.4 is 5.32 Å². The zero-order valence-electron chi connectivity index (χ0n) is 11.8. The van der Waals surface area contributed by atoms with Crippen molar-refractivity contribution in [3.05, 3.63) is 35.4 Å². The van der Waals surface area contributed by atoms with Gasteiger partial charge < -0.3 is 0 Å². The normalized spacial score (nSPS) is 34.7. The number of hydrogen-bond acceptors (Lipinski definition) is 3. The first-order valence-electron chi connectivity index (χ1n) is 7.72. The van der Waals surface area contributed by atoms with Gasteiger partial charge in [-0.05, 0) is 42.4 Å². The van der Waals surface area contributed by atoms with Gasteiger partial charge in [0.15, 0.2) is 0 Å². The van der Waals surface area contributed by atoms with E-state index in [4.69, 9.17) is 0 Å². The van der Waals surface area contributed by atoms with E-state index in [9.17, 15) is 8.78 Å². The van der Waals surface area contributed by atoms with E-state index in [0.29, 0.717) is 17.9 Å². The third-order valence-corrected chi connectivity index (χ3v) is 5.13. The number of nitrogens with zero attached hydrogens (tertiary/aromatic N) is 2. The summed E-state index contributed by atoms with van der Waals surface area (Å²) in [4.78, 5) is 0. The largest absolute Gasteiger partial charge is 0.296 e. The molecule has 1 saturated carbocycles. The molecule has 3 aliphatic rings. The molecule has 5 heteroatoms. The standard InChI is InChI=1S/C16H19F2N3/c17-12-6-11(7-13(18)8-12)15-4-5-20-21(15)16-14-3-1-2-10(14)9-19-16/h5-8,10,14-16,19H,1-4,9H2/t10-,14-,15?,16?/m0/s1. The molecule has 1 saturated heterocycles. The number of rotatable bonds is 2. The minimum absolute atomic E-state index is 0.0629. The van der Waals surface area contributed by atoms with Gasteiger partial charge in [-0.2, -0.15) is 5.10 Å². The van der Waals surface area contributed by atoms with Gasteiger partial charge in [0.25, 0.3) is 0 Å². The van der Waals surface area contributed by atoms with Crippen LogP contribution in [0, 0.1) is 23.5 Å². The van der Waals surface area contributed by atoms with Gasteiger partial charge in [0.1, 0.15) is 17.8 Å². The highest BCUT2D eigenvalue weighted by atomic mass is 19.1. The Morgan fingerprint density at radius 3 is 2.76 bits per heavy atom. The Morgan fingerprint density at radius 1 is 1.14 bits per heavy atom. The maximum Gasteiger partial charge on any atom is 0.126 e. The van der Waals surface area contributed by atoms with Crippen LogP contribution in [-0.4, -0.2) is 23.9 Å². The van der Waals surface area contributed by atoms with Crippen LogP contribution in [0.15, 0.2) is 23.3 Å². The van der Waals surface area contributed by atoms with Crippen molar-refractivity contribution < 1.29 is 8.78 Å². The van der Waals surface area contributed by atoms with Gasteiger partial charge in [0, 0.05) is 25.2 Å². The van der Waals surface area contributed by atoms with E-state index < -0.39 is 11.6 Å². The SMILES string of the molecule is Fc1cc(F)cc(C2CC=NN2C2NC[C@@H]3CCC[C@H]23)c1. The molecule has 1 aromatic rings. The van der Waals surface area contributed by atoms with Crippen molar-refractivity contribution in [3.63, 3.8) is 0 Å². The van der Waals surface area contributed by atoms with E-state index in [1.165, 1.54) is 31.4 Å². The third-order valence-electron chi connectivity index (χ3n) is 5.13. The molecule has 0 spiro atoms. The van der Waals surface area contributed by atoms with Crippen LogP contribution in [0.25, 0.3) is 0 Å². The number of hydrazone groups is 1. The number of nitrogens with one attached hydrogen (secondary N) is 1. The van der Waals surface area contributed by atoms with Crippen LogP contribution in [0.4, 0.5) is 8.78 Å². The zero-order chi connectivity index (χ0) is 14.4. The van der Waals surface area contributed by atoms with E-state index in [1.807, 2.05) is 11.2 Å². The van der Waals surface area contributed by atoms with Crippen molar-refractivity contribution in [3.8, 4) is 0 Å². The van der Waals surface area contributed by atoms with Crippen LogP contribution in [0.2, 0.25) is 0 Å². The van der Waals surface area contributed by atoms with Gasteiger partial charge in [-0.3, -0.25) is 10.3 Å². The van der Waals surface area contributed by atoms with Crippen LogP contribution in [0.3, 0.4) is 0 Å². The van der Waals surface area contributed by atoms with Crippen molar-refractivity contribution in [2.24, 2.45) is 16.9 Å². The maximum absolute atomic E-state index is 13.5. The molecule has 2 fully saturated rings. The summed E-state index contributed by atoms with van der Waals surface area (Å²) in [5, 5.41) is 10.1. The Balaban J connectivity index is 1.61. The second kappa shape index (κ2) is 5.05. The van der Waals surface area contributed by atoms with Crippen LogP contribution in [-0.2, 0) is 0 Å². The average molecular weight is 291 g/mol. The molecular weight excluding hydrogens is 272 g/mol. The molecule has 1 N–H and O–H groups in total. The quantitative estimate of drug-likeness (QED) is 0.907. The summed E-state index contributed by atoms with van der Waals surface area (Å²) in [6.45, 7) is 1.03. The first kappa shape index (κ1) is 13.2. The molecule has 0 radical (unpaired) electrons. The second-order valence-electron chi connectivity index (χ2n) is 6.34. The number of hydrogen-bond donors (Lipinski definition) is 1. The Hall–Kier alpha value is -1.49. The Morgan fingerprint density at radius 2 is 1.95 bits per heavy atom. The van der Waals surface area contributed by atoms with Gasteiger partial charge in [-0.1, -0.05) is 6.42 Å². The Kier molecular flexibility index (Phi) is 3.17. The molecule has 112 valence electrons. The highest BCUT2D eigenvalue weighted by Gasteiger charge is 2.44. The summed E-state index contributed by atoms with van der Waals surface area (Å²) in [5.41, 5.74) is 0.674. The molecule has 4 rings (SSSR count). The van der Waals surface area contributed by atoms with Gasteiger partial charge in [-0.25, -0.2) is 8.78 Å². The van der Waals surface area contributed by atoms with Crippen LogP contribution in [0.1, 0.15) is 37.3 Å². The van der Waals surface area contributed by atoms with Crippen molar-refractivity contribution >= 4 is 6.21 Å². The summed E-state index contributed by atoms with van der Waals surface area (Å²) >= 11 is 0. The lowest BCUT2D eigenvalue weighted by Gasteiger charge is -2.33. The Labute approximate surface area is 123 Å². The lowest BCUT2D eigenvalue weighted by molar-refractivity contribution is 0.108.